The predicted molar refractivity (Wildman–Crippen MR) is 459 cm³/mol. The third-order valence-electron chi connectivity index (χ3n) is 18.8. The summed E-state index contributed by atoms with van der Waals surface area (Å²) in [5.41, 5.74) is 24.0. The van der Waals surface area contributed by atoms with Crippen LogP contribution in [0.25, 0.3) is 33.4 Å². The Kier molecular flexibility index (Phi) is 26.1. The Hall–Kier alpha value is -9.46. The number of para-hydroxylation sites is 3. The van der Waals surface area contributed by atoms with Crippen LogP contribution in [0, 0.1) is 0 Å². The topological polar surface area (TPSA) is 46.2 Å². The van der Waals surface area contributed by atoms with Gasteiger partial charge in [0.15, 0.2) is 0 Å². The summed E-state index contributed by atoms with van der Waals surface area (Å²) in [4.78, 5) is 4.59. The number of nitrogens with zero attached hydrogens (tertiary/aromatic N) is 2. The molecule has 0 saturated carbocycles. The van der Waals surface area contributed by atoms with Gasteiger partial charge in [-0.25, -0.2) is 0 Å². The minimum absolute atomic E-state index is 0.0538. The van der Waals surface area contributed by atoms with Crippen LogP contribution in [0.2, 0.25) is 0 Å². The molecule has 12 aromatic rings. The van der Waals surface area contributed by atoms with Gasteiger partial charge in [0.1, 0.15) is 17.2 Å². The standard InChI is InChI=1S/C45H40N2O2.C19H16Br2.C13H8Br2.C13H13NO.C3H5Br/c1-5-27-45(28-6-2)43-31-37(46(33-15-9-7-10-16-33)35-19-13-21-39(29-35)48-3)23-25-41(43)42-26-24-38(32-44(42)45)47(34-17-11-8-12-18-34)36-20-14-22-40(30-36)49-4;1-3-9-19(10-4-2)17-11-13(20)5-7-15(17)16-8-6-14(21)12-18(16)19;14-10-1-3-12-8(6-10)5-9-7-11(15)2-4-13(9)12;1-15-13-9-5-8-12(10-13)14-11-6-3-2-4-7-11;1-2-3-4/h5-26,29-32H,1-2,27-28H2,3-4H3;3-8,11-12H,1-2,9-10H2;1-4,6-7H,5H2;2-10,14H,1H3;2H,1,3H2. The smallest absolute Gasteiger partial charge is 0.120 e. The normalized spacial score (nSPS) is 12.2. The summed E-state index contributed by atoms with van der Waals surface area (Å²) < 4.78 is 21.0. The minimum atomic E-state index is -0.354. The van der Waals surface area contributed by atoms with Gasteiger partial charge >= 0.3 is 0 Å². The number of rotatable bonds is 20. The second-order valence-electron chi connectivity index (χ2n) is 25.2. The zero-order valence-electron chi connectivity index (χ0n) is 58.7. The van der Waals surface area contributed by atoms with Crippen molar-refractivity contribution in [3.05, 3.63) is 388 Å². The lowest BCUT2D eigenvalue weighted by Crippen LogP contribution is -2.24. The van der Waals surface area contributed by atoms with Crippen LogP contribution in [0.3, 0.4) is 0 Å². The van der Waals surface area contributed by atoms with Crippen molar-refractivity contribution in [1.29, 1.82) is 0 Å². The van der Waals surface area contributed by atoms with Crippen LogP contribution in [0.15, 0.2) is 354 Å². The van der Waals surface area contributed by atoms with E-state index in [0.29, 0.717) is 0 Å². The lowest BCUT2D eigenvalue weighted by atomic mass is 9.72. The van der Waals surface area contributed by atoms with E-state index < -0.39 is 0 Å². The maximum Gasteiger partial charge on any atom is 0.120 e. The first-order valence-electron chi connectivity index (χ1n) is 34.3. The van der Waals surface area contributed by atoms with Gasteiger partial charge in [-0.1, -0.05) is 219 Å². The van der Waals surface area contributed by atoms with E-state index in [1.165, 1.54) is 66.8 Å². The first kappa shape index (κ1) is 75.7. The maximum atomic E-state index is 5.64. The number of fused-ring (bicyclic) bond motifs is 9. The number of allylic oxidation sites excluding steroid dienone is 5. The molecule has 0 bridgehead atoms. The number of nitrogens with one attached hydrogen (secondary N) is 1. The van der Waals surface area contributed by atoms with Crippen molar-refractivity contribution >= 4 is 125 Å². The van der Waals surface area contributed by atoms with Crippen LogP contribution in [-0.4, -0.2) is 26.7 Å². The number of methoxy groups -OCH3 is 3. The van der Waals surface area contributed by atoms with E-state index in [9.17, 15) is 0 Å². The van der Waals surface area contributed by atoms with Crippen molar-refractivity contribution in [1.82, 2.24) is 0 Å². The van der Waals surface area contributed by atoms with Gasteiger partial charge in [0.05, 0.1) is 21.3 Å². The van der Waals surface area contributed by atoms with E-state index in [-0.39, 0.29) is 10.8 Å². The quantitative estimate of drug-likeness (QED) is 0.0606. The molecule has 0 heterocycles. The van der Waals surface area contributed by atoms with Gasteiger partial charge in [0, 0.05) is 97.7 Å². The maximum absolute atomic E-state index is 5.64. The Labute approximate surface area is 656 Å². The number of benzene rings is 12. The first-order valence-corrected chi connectivity index (χ1v) is 38.6. The zero-order valence-corrected chi connectivity index (χ0v) is 66.6. The van der Waals surface area contributed by atoms with Crippen LogP contribution in [0.1, 0.15) is 59.1 Å². The molecule has 0 aliphatic heterocycles. The Balaban J connectivity index is 0.000000159. The van der Waals surface area contributed by atoms with Crippen molar-refractivity contribution in [3.63, 3.8) is 0 Å². The molecule has 0 atom stereocenters. The molecule has 0 spiro atoms. The summed E-state index contributed by atoms with van der Waals surface area (Å²) in [7, 11) is 5.08. The lowest BCUT2D eigenvalue weighted by Gasteiger charge is -2.33. The van der Waals surface area contributed by atoms with Gasteiger partial charge in [0.2, 0.25) is 0 Å². The lowest BCUT2D eigenvalue weighted by molar-refractivity contribution is 0.415. The summed E-state index contributed by atoms with van der Waals surface area (Å²) in [5, 5.41) is 4.19. The molecule has 6 nitrogen and oxygen atoms in total. The van der Waals surface area contributed by atoms with Crippen molar-refractivity contribution in [2.45, 2.75) is 42.9 Å². The van der Waals surface area contributed by atoms with E-state index in [0.717, 1.165) is 118 Å². The molecule has 12 aromatic carbocycles. The van der Waals surface area contributed by atoms with Gasteiger partial charge in [-0.2, -0.15) is 0 Å². The number of alkyl halides is 1. The second-order valence-corrected chi connectivity index (χ2v) is 29.5. The van der Waals surface area contributed by atoms with Crippen molar-refractivity contribution < 1.29 is 14.2 Å². The highest BCUT2D eigenvalue weighted by Gasteiger charge is 2.44. The first-order chi connectivity index (χ1) is 50.7. The fourth-order valence-corrected chi connectivity index (χ4v) is 15.8. The fourth-order valence-electron chi connectivity index (χ4n) is 14.3. The van der Waals surface area contributed by atoms with Crippen LogP contribution >= 0.6 is 79.6 Å². The highest BCUT2D eigenvalue weighted by atomic mass is 79.9. The number of halogens is 5. The zero-order chi connectivity index (χ0) is 73.2. The predicted octanol–water partition coefficient (Wildman–Crippen LogP) is 28.5. The summed E-state index contributed by atoms with van der Waals surface area (Å²) in [5.74, 6) is 2.48. The van der Waals surface area contributed by atoms with E-state index in [1.807, 2.05) is 103 Å². The summed E-state index contributed by atoms with van der Waals surface area (Å²) >= 11 is 17.4. The Morgan fingerprint density at radius 1 is 0.327 bits per heavy atom. The third kappa shape index (κ3) is 17.0. The molecular weight excluding hydrogens is 1610 g/mol. The molecule has 0 aromatic heterocycles. The molecule has 0 radical (unpaired) electrons. The molecule has 104 heavy (non-hydrogen) atoms. The van der Waals surface area contributed by atoms with Gasteiger partial charge in [0.25, 0.3) is 0 Å². The molecule has 1 N–H and O–H groups in total. The molecular formula is C93H82Br5N3O3. The number of hydrogen-bond donors (Lipinski definition) is 1. The largest absolute Gasteiger partial charge is 0.497 e. The van der Waals surface area contributed by atoms with Crippen molar-refractivity contribution in [2.24, 2.45) is 0 Å². The monoisotopic (exact) mass is 1680 g/mol. The minimum Gasteiger partial charge on any atom is -0.497 e. The van der Waals surface area contributed by atoms with Crippen LogP contribution in [0.5, 0.6) is 17.2 Å². The van der Waals surface area contributed by atoms with E-state index in [1.54, 1.807) is 27.4 Å². The summed E-state index contributed by atoms with van der Waals surface area (Å²) in [6, 6.07) is 95.3. The summed E-state index contributed by atoms with van der Waals surface area (Å²) in [6.07, 6.45) is 14.3. The second kappa shape index (κ2) is 35.8. The van der Waals surface area contributed by atoms with Crippen LogP contribution in [0.4, 0.5) is 45.5 Å². The van der Waals surface area contributed by atoms with Gasteiger partial charge in [-0.05, 0) is 244 Å². The molecule has 0 unspecified atom stereocenters. The number of anilines is 8. The van der Waals surface area contributed by atoms with Gasteiger partial charge < -0.3 is 29.3 Å². The van der Waals surface area contributed by atoms with E-state index >= 15 is 0 Å². The molecule has 0 saturated heterocycles. The number of hydrogen-bond acceptors (Lipinski definition) is 6. The molecule has 3 aliphatic carbocycles. The molecule has 0 fully saturated rings. The molecule has 522 valence electrons. The van der Waals surface area contributed by atoms with Crippen molar-refractivity contribution in [2.75, 3.05) is 41.8 Å². The SMILES string of the molecule is Brc1ccc2c(c1)Cc1cc(Br)ccc1-2.C=CCBr.C=CCC1(CC=C)c2cc(Br)ccc2-c2ccc(Br)cc21.C=CCC1(CC=C)c2cc(N(c3ccccc3)c3cccc(OC)c3)ccc2-c2ccc(N(c3ccccc3)c3cccc(OC)c3)cc21.COc1cccc(Nc2ccccc2)c1. The van der Waals surface area contributed by atoms with Crippen LogP contribution in [-0.2, 0) is 17.3 Å². The highest BCUT2D eigenvalue weighted by Crippen LogP contribution is 2.57. The molecule has 11 heteroatoms. The van der Waals surface area contributed by atoms with Crippen LogP contribution < -0.4 is 29.3 Å². The third-order valence-corrected chi connectivity index (χ3v) is 21.2. The van der Waals surface area contributed by atoms with Gasteiger partial charge in [-0.3, -0.25) is 0 Å². The highest BCUT2D eigenvalue weighted by molar-refractivity contribution is 9.11. The van der Waals surface area contributed by atoms with Crippen molar-refractivity contribution in [3.8, 4) is 50.6 Å². The Morgan fingerprint density at radius 3 is 1.01 bits per heavy atom. The fraction of sp³-hybridized carbons (Fsp3) is 0.118. The number of ether oxygens (including phenoxy) is 3. The average Bonchev–Trinajstić information content (AvgIpc) is 1.57. The molecule has 3 aliphatic rings. The molecule has 15 rings (SSSR count). The van der Waals surface area contributed by atoms with Gasteiger partial charge in [-0.15, -0.1) is 32.9 Å². The Morgan fingerprint density at radius 2 is 0.635 bits per heavy atom. The molecule has 0 amide bonds. The average molecular weight is 1690 g/mol. The Bertz CT molecular complexity index is 4740. The van der Waals surface area contributed by atoms with E-state index in [2.05, 4.69) is 322 Å². The summed E-state index contributed by atoms with van der Waals surface area (Å²) in [6.45, 7) is 19.9. The van der Waals surface area contributed by atoms with E-state index in [4.69, 9.17) is 14.2 Å².